The SMILES string of the molecule is C#CCCN1CCNCC1.Cl.Cl. The van der Waals surface area contributed by atoms with E-state index in [1.807, 2.05) is 0 Å². The summed E-state index contributed by atoms with van der Waals surface area (Å²) in [5.41, 5.74) is 0. The maximum atomic E-state index is 5.15. The quantitative estimate of drug-likeness (QED) is 0.678. The van der Waals surface area contributed by atoms with Crippen molar-refractivity contribution in [3.8, 4) is 12.3 Å². The van der Waals surface area contributed by atoms with Gasteiger partial charge >= 0.3 is 0 Å². The molecule has 0 aromatic rings. The number of nitrogens with one attached hydrogen (secondary N) is 1. The number of nitrogens with zero attached hydrogens (tertiary/aromatic N) is 1. The second-order valence-electron chi connectivity index (χ2n) is 2.55. The molecule has 1 N–H and O–H groups in total. The molecule has 0 aromatic heterocycles. The summed E-state index contributed by atoms with van der Waals surface area (Å²) in [5.74, 6) is 2.65. The van der Waals surface area contributed by atoms with Crippen molar-refractivity contribution < 1.29 is 0 Å². The fourth-order valence-electron chi connectivity index (χ4n) is 1.16. The molecule has 0 amide bonds. The smallest absolute Gasteiger partial charge is 0.0214 e. The molecule has 0 aromatic carbocycles. The van der Waals surface area contributed by atoms with Crippen molar-refractivity contribution in [3.63, 3.8) is 0 Å². The molecule has 0 aliphatic carbocycles. The number of halogens is 2. The Labute approximate surface area is 86.9 Å². The summed E-state index contributed by atoms with van der Waals surface area (Å²) in [5, 5.41) is 3.30. The Hall–Kier alpha value is 0.0600. The molecular weight excluding hydrogens is 195 g/mol. The third kappa shape index (κ3) is 5.68. The van der Waals surface area contributed by atoms with Crippen LogP contribution in [0.25, 0.3) is 0 Å². The van der Waals surface area contributed by atoms with E-state index in [1.165, 1.54) is 0 Å². The van der Waals surface area contributed by atoms with E-state index in [4.69, 9.17) is 6.42 Å². The van der Waals surface area contributed by atoms with Gasteiger partial charge in [-0.1, -0.05) is 0 Å². The molecule has 0 unspecified atom stereocenters. The lowest BCUT2D eigenvalue weighted by atomic mass is 10.3. The zero-order chi connectivity index (χ0) is 7.23. The molecule has 1 heterocycles. The predicted molar refractivity (Wildman–Crippen MR) is 57.3 cm³/mol. The highest BCUT2D eigenvalue weighted by atomic mass is 35.5. The average Bonchev–Trinajstić information content (AvgIpc) is 2.03. The van der Waals surface area contributed by atoms with Crippen LogP contribution in [0.1, 0.15) is 6.42 Å². The fourth-order valence-corrected chi connectivity index (χ4v) is 1.16. The van der Waals surface area contributed by atoms with E-state index in [0.29, 0.717) is 0 Å². The molecule has 4 heteroatoms. The van der Waals surface area contributed by atoms with Gasteiger partial charge in [-0.25, -0.2) is 0 Å². The van der Waals surface area contributed by atoms with Crippen molar-refractivity contribution in [2.45, 2.75) is 6.42 Å². The minimum Gasteiger partial charge on any atom is -0.314 e. The molecule has 2 nitrogen and oxygen atoms in total. The topological polar surface area (TPSA) is 15.3 Å². The molecule has 0 spiro atoms. The van der Waals surface area contributed by atoms with Crippen LogP contribution in [0.5, 0.6) is 0 Å². The van der Waals surface area contributed by atoms with Gasteiger partial charge in [0.15, 0.2) is 0 Å². The Balaban J connectivity index is 0. The van der Waals surface area contributed by atoms with E-state index < -0.39 is 0 Å². The molecule has 1 fully saturated rings. The Morgan fingerprint density at radius 2 is 1.83 bits per heavy atom. The van der Waals surface area contributed by atoms with Crippen LogP contribution >= 0.6 is 24.8 Å². The van der Waals surface area contributed by atoms with Gasteiger partial charge in [0.05, 0.1) is 0 Å². The fraction of sp³-hybridized carbons (Fsp3) is 0.750. The summed E-state index contributed by atoms with van der Waals surface area (Å²) in [7, 11) is 0. The normalized spacial score (nSPS) is 16.9. The van der Waals surface area contributed by atoms with Gasteiger partial charge in [0.25, 0.3) is 0 Å². The minimum absolute atomic E-state index is 0. The Kier molecular flexibility index (Phi) is 11.1. The molecule has 72 valence electrons. The summed E-state index contributed by atoms with van der Waals surface area (Å²) >= 11 is 0. The highest BCUT2D eigenvalue weighted by Crippen LogP contribution is 1.92. The summed E-state index contributed by atoms with van der Waals surface area (Å²) in [6.45, 7) is 5.61. The van der Waals surface area contributed by atoms with Gasteiger partial charge in [-0.15, -0.1) is 37.2 Å². The summed E-state index contributed by atoms with van der Waals surface area (Å²) in [6, 6.07) is 0. The molecule has 1 saturated heterocycles. The lowest BCUT2D eigenvalue weighted by molar-refractivity contribution is 0.246. The number of hydrogen-bond acceptors (Lipinski definition) is 2. The largest absolute Gasteiger partial charge is 0.314 e. The molecule has 0 bridgehead atoms. The second-order valence-corrected chi connectivity index (χ2v) is 2.55. The minimum atomic E-state index is 0. The Bertz CT molecular complexity index is 128. The van der Waals surface area contributed by atoms with Crippen molar-refractivity contribution in [1.29, 1.82) is 0 Å². The van der Waals surface area contributed by atoms with Crippen molar-refractivity contribution in [2.24, 2.45) is 0 Å². The van der Waals surface area contributed by atoms with Gasteiger partial charge in [-0.05, 0) is 0 Å². The van der Waals surface area contributed by atoms with Gasteiger partial charge in [0.1, 0.15) is 0 Å². The first kappa shape index (κ1) is 14.6. The third-order valence-electron chi connectivity index (χ3n) is 1.78. The summed E-state index contributed by atoms with van der Waals surface area (Å²) in [4.78, 5) is 2.40. The van der Waals surface area contributed by atoms with Crippen LogP contribution in [0.15, 0.2) is 0 Å². The van der Waals surface area contributed by atoms with Crippen LogP contribution in [0.2, 0.25) is 0 Å². The molecule has 0 atom stereocenters. The van der Waals surface area contributed by atoms with Crippen LogP contribution < -0.4 is 5.32 Å². The summed E-state index contributed by atoms with van der Waals surface area (Å²) < 4.78 is 0. The van der Waals surface area contributed by atoms with Crippen LogP contribution in [-0.2, 0) is 0 Å². The first-order chi connectivity index (χ1) is 4.93. The van der Waals surface area contributed by atoms with E-state index in [1.54, 1.807) is 0 Å². The molecular formula is C8H16Cl2N2. The summed E-state index contributed by atoms with van der Waals surface area (Å²) in [6.07, 6.45) is 6.04. The van der Waals surface area contributed by atoms with E-state index >= 15 is 0 Å². The van der Waals surface area contributed by atoms with Crippen molar-refractivity contribution in [1.82, 2.24) is 10.2 Å². The number of rotatable bonds is 2. The van der Waals surface area contributed by atoms with Crippen molar-refractivity contribution >= 4 is 24.8 Å². The van der Waals surface area contributed by atoms with E-state index in [0.717, 1.165) is 39.1 Å². The Morgan fingerprint density at radius 1 is 1.25 bits per heavy atom. The predicted octanol–water partition coefficient (Wildman–Crippen LogP) is 0.758. The second kappa shape index (κ2) is 9.15. The van der Waals surface area contributed by atoms with Crippen molar-refractivity contribution in [2.75, 3.05) is 32.7 Å². The van der Waals surface area contributed by atoms with Gasteiger partial charge in [0, 0.05) is 39.1 Å². The standard InChI is InChI=1S/C8H14N2.2ClH/c1-2-3-6-10-7-4-9-5-8-10;;/h1,9H,3-8H2;2*1H. The van der Waals surface area contributed by atoms with Gasteiger partial charge < -0.3 is 5.32 Å². The van der Waals surface area contributed by atoms with Gasteiger partial charge in [-0.2, -0.15) is 0 Å². The third-order valence-corrected chi connectivity index (χ3v) is 1.78. The van der Waals surface area contributed by atoms with E-state index in [2.05, 4.69) is 16.1 Å². The van der Waals surface area contributed by atoms with Gasteiger partial charge in [-0.3, -0.25) is 4.90 Å². The number of piperazine rings is 1. The number of terminal acetylenes is 1. The first-order valence-corrected chi connectivity index (χ1v) is 3.80. The van der Waals surface area contributed by atoms with Crippen LogP contribution in [0.3, 0.4) is 0 Å². The lowest BCUT2D eigenvalue weighted by Gasteiger charge is -2.26. The maximum Gasteiger partial charge on any atom is 0.0214 e. The van der Waals surface area contributed by atoms with Crippen LogP contribution in [0.4, 0.5) is 0 Å². The zero-order valence-corrected chi connectivity index (χ0v) is 8.72. The van der Waals surface area contributed by atoms with Crippen LogP contribution in [0, 0.1) is 12.3 Å². The van der Waals surface area contributed by atoms with Gasteiger partial charge in [0.2, 0.25) is 0 Å². The van der Waals surface area contributed by atoms with Crippen LogP contribution in [-0.4, -0.2) is 37.6 Å². The number of hydrogen-bond donors (Lipinski definition) is 1. The van der Waals surface area contributed by atoms with Crippen molar-refractivity contribution in [3.05, 3.63) is 0 Å². The monoisotopic (exact) mass is 210 g/mol. The maximum absolute atomic E-state index is 5.15. The van der Waals surface area contributed by atoms with E-state index in [-0.39, 0.29) is 24.8 Å². The molecule has 1 rings (SSSR count). The molecule has 0 saturated carbocycles. The van der Waals surface area contributed by atoms with E-state index in [9.17, 15) is 0 Å². The highest BCUT2D eigenvalue weighted by Gasteiger charge is 2.06. The average molecular weight is 211 g/mol. The molecule has 1 aliphatic rings. The molecule has 0 radical (unpaired) electrons. The Morgan fingerprint density at radius 3 is 2.33 bits per heavy atom. The molecule has 12 heavy (non-hydrogen) atoms. The zero-order valence-electron chi connectivity index (χ0n) is 7.08. The molecule has 1 aliphatic heterocycles. The first-order valence-electron chi connectivity index (χ1n) is 3.80. The highest BCUT2D eigenvalue weighted by molar-refractivity contribution is 5.85. The lowest BCUT2D eigenvalue weighted by Crippen LogP contribution is -2.43.